The average Bonchev–Trinajstić information content (AvgIpc) is 3.22. The SMILES string of the molecule is CC(=O)O[C@H]1CC[C@H]2[C@H]3CC[C@]45O[C@H]4C(=O)C=C[C@]5(C)[C@@H]3CC[C@]12C. The summed E-state index contributed by atoms with van der Waals surface area (Å²) in [4.78, 5) is 23.6. The standard InChI is InChI=1S/C21H28O4/c1-12(22)24-17-5-4-14-13-6-11-21-18(25-21)16(23)8-10-20(21,3)15(13)7-9-19(14,17)2/h8,10,13-15,17-18H,4-7,9,11H2,1-3H3/t13-,14+,15-,17+,18+,19+,20-,21+/m1/s1. The van der Waals surface area contributed by atoms with Crippen molar-refractivity contribution >= 4 is 11.8 Å². The number of carbonyl (C=O) groups is 2. The van der Waals surface area contributed by atoms with Gasteiger partial charge < -0.3 is 9.47 Å². The lowest BCUT2D eigenvalue weighted by Gasteiger charge is -2.57. The predicted molar refractivity (Wildman–Crippen MR) is 91.7 cm³/mol. The fourth-order valence-corrected chi connectivity index (χ4v) is 7.42. The van der Waals surface area contributed by atoms with E-state index in [1.165, 1.54) is 6.92 Å². The minimum Gasteiger partial charge on any atom is -0.462 e. The van der Waals surface area contributed by atoms with Gasteiger partial charge >= 0.3 is 5.97 Å². The van der Waals surface area contributed by atoms with Crippen molar-refractivity contribution in [3.05, 3.63) is 12.2 Å². The lowest BCUT2D eigenvalue weighted by molar-refractivity contribution is -0.158. The molecule has 5 aliphatic rings. The van der Waals surface area contributed by atoms with E-state index in [4.69, 9.17) is 9.47 Å². The highest BCUT2D eigenvalue weighted by Gasteiger charge is 2.75. The Morgan fingerprint density at radius 3 is 2.72 bits per heavy atom. The van der Waals surface area contributed by atoms with Crippen molar-refractivity contribution in [3.63, 3.8) is 0 Å². The summed E-state index contributed by atoms with van der Waals surface area (Å²) in [7, 11) is 0. The Labute approximate surface area is 149 Å². The number of carbonyl (C=O) groups excluding carboxylic acids is 2. The molecule has 1 saturated heterocycles. The second-order valence-corrected chi connectivity index (χ2v) is 9.54. The van der Waals surface area contributed by atoms with Gasteiger partial charge in [0.2, 0.25) is 0 Å². The van der Waals surface area contributed by atoms with E-state index in [2.05, 4.69) is 19.9 Å². The van der Waals surface area contributed by atoms with Crippen molar-refractivity contribution in [2.45, 2.75) is 77.1 Å². The van der Waals surface area contributed by atoms with Gasteiger partial charge in [0.25, 0.3) is 0 Å². The van der Waals surface area contributed by atoms with Crippen molar-refractivity contribution in [1.82, 2.24) is 0 Å². The van der Waals surface area contributed by atoms with Gasteiger partial charge in [-0.1, -0.05) is 19.9 Å². The fraction of sp³-hybridized carbons (Fsp3) is 0.810. The van der Waals surface area contributed by atoms with Gasteiger partial charge in [-0.3, -0.25) is 9.59 Å². The second kappa shape index (κ2) is 4.76. The summed E-state index contributed by atoms with van der Waals surface area (Å²) in [5.41, 5.74) is -0.122. The monoisotopic (exact) mass is 344 g/mol. The summed E-state index contributed by atoms with van der Waals surface area (Å²) in [6, 6.07) is 0. The summed E-state index contributed by atoms with van der Waals surface area (Å²) in [6.07, 6.45) is 10.4. The third-order valence-electron chi connectivity index (χ3n) is 8.74. The number of rotatable bonds is 1. The van der Waals surface area contributed by atoms with Crippen molar-refractivity contribution in [1.29, 1.82) is 0 Å². The molecule has 4 heteroatoms. The molecule has 1 aliphatic heterocycles. The summed E-state index contributed by atoms with van der Waals surface area (Å²) < 4.78 is 11.8. The Morgan fingerprint density at radius 1 is 1.16 bits per heavy atom. The molecule has 4 fully saturated rings. The summed E-state index contributed by atoms with van der Waals surface area (Å²) in [5.74, 6) is 1.86. The summed E-state index contributed by atoms with van der Waals surface area (Å²) >= 11 is 0. The second-order valence-electron chi connectivity index (χ2n) is 9.54. The number of ether oxygens (including phenoxy) is 2. The van der Waals surface area contributed by atoms with Gasteiger partial charge in [0.05, 0.1) is 0 Å². The molecule has 136 valence electrons. The van der Waals surface area contributed by atoms with E-state index >= 15 is 0 Å². The number of ketones is 1. The van der Waals surface area contributed by atoms with E-state index < -0.39 is 0 Å². The van der Waals surface area contributed by atoms with Crippen LogP contribution in [0.1, 0.15) is 59.3 Å². The maximum Gasteiger partial charge on any atom is 0.302 e. The van der Waals surface area contributed by atoms with Gasteiger partial charge in [-0.25, -0.2) is 0 Å². The molecular weight excluding hydrogens is 316 g/mol. The van der Waals surface area contributed by atoms with E-state index in [9.17, 15) is 9.59 Å². The van der Waals surface area contributed by atoms with E-state index in [0.717, 1.165) is 38.5 Å². The fourth-order valence-electron chi connectivity index (χ4n) is 7.42. The summed E-state index contributed by atoms with van der Waals surface area (Å²) in [6.45, 7) is 6.20. The molecular formula is C21H28O4. The molecule has 4 nitrogen and oxygen atoms in total. The minimum atomic E-state index is -0.221. The molecule has 8 atom stereocenters. The molecule has 0 unspecified atom stereocenters. The molecule has 0 aromatic heterocycles. The van der Waals surface area contributed by atoms with Crippen LogP contribution in [0.2, 0.25) is 0 Å². The topological polar surface area (TPSA) is 55.9 Å². The number of fused-ring (bicyclic) bond motifs is 4. The first-order chi connectivity index (χ1) is 11.8. The highest BCUT2D eigenvalue weighted by Crippen LogP contribution is 2.71. The smallest absolute Gasteiger partial charge is 0.302 e. The van der Waals surface area contributed by atoms with E-state index in [1.807, 2.05) is 0 Å². The van der Waals surface area contributed by atoms with Crippen LogP contribution in [0.3, 0.4) is 0 Å². The van der Waals surface area contributed by atoms with Gasteiger partial charge in [0, 0.05) is 17.8 Å². The van der Waals surface area contributed by atoms with E-state index in [-0.39, 0.29) is 40.4 Å². The maximum atomic E-state index is 12.1. The largest absolute Gasteiger partial charge is 0.462 e. The summed E-state index contributed by atoms with van der Waals surface area (Å²) in [5, 5.41) is 0. The molecule has 0 bridgehead atoms. The zero-order valence-corrected chi connectivity index (χ0v) is 15.4. The maximum absolute atomic E-state index is 12.1. The first-order valence-corrected chi connectivity index (χ1v) is 9.90. The van der Waals surface area contributed by atoms with Crippen LogP contribution in [0.25, 0.3) is 0 Å². The first kappa shape index (κ1) is 16.0. The lowest BCUT2D eigenvalue weighted by Crippen LogP contribution is -2.57. The number of hydrogen-bond acceptors (Lipinski definition) is 4. The van der Waals surface area contributed by atoms with Crippen LogP contribution in [0, 0.1) is 28.6 Å². The Bertz CT molecular complexity index is 683. The van der Waals surface area contributed by atoms with E-state index in [0.29, 0.717) is 17.8 Å². The Hall–Kier alpha value is -1.16. The van der Waals surface area contributed by atoms with E-state index in [1.54, 1.807) is 6.08 Å². The van der Waals surface area contributed by atoms with Gasteiger partial charge in [-0.15, -0.1) is 0 Å². The van der Waals surface area contributed by atoms with Crippen LogP contribution in [0.4, 0.5) is 0 Å². The molecule has 0 amide bonds. The highest BCUT2D eigenvalue weighted by molar-refractivity contribution is 5.98. The van der Waals surface area contributed by atoms with Crippen LogP contribution in [-0.4, -0.2) is 29.6 Å². The van der Waals surface area contributed by atoms with Gasteiger partial charge in [0.1, 0.15) is 11.7 Å². The molecule has 0 aromatic rings. The molecule has 0 radical (unpaired) electrons. The third-order valence-corrected chi connectivity index (χ3v) is 8.74. The lowest BCUT2D eigenvalue weighted by atomic mass is 9.46. The highest BCUT2D eigenvalue weighted by atomic mass is 16.6. The van der Waals surface area contributed by atoms with Crippen molar-refractivity contribution < 1.29 is 19.1 Å². The number of hydrogen-bond donors (Lipinski definition) is 0. The molecule has 4 aliphatic carbocycles. The van der Waals surface area contributed by atoms with Crippen molar-refractivity contribution in [2.75, 3.05) is 0 Å². The van der Waals surface area contributed by atoms with Crippen LogP contribution in [0.15, 0.2) is 12.2 Å². The van der Waals surface area contributed by atoms with Crippen LogP contribution < -0.4 is 0 Å². The first-order valence-electron chi connectivity index (χ1n) is 9.90. The average molecular weight is 344 g/mol. The van der Waals surface area contributed by atoms with Crippen LogP contribution in [0.5, 0.6) is 0 Å². The molecule has 0 aromatic carbocycles. The van der Waals surface area contributed by atoms with Gasteiger partial charge in [-0.05, 0) is 62.4 Å². The zero-order chi connectivity index (χ0) is 17.6. The molecule has 1 spiro atoms. The van der Waals surface area contributed by atoms with Gasteiger partial charge in [0.15, 0.2) is 11.9 Å². The molecule has 1 heterocycles. The quantitative estimate of drug-likeness (QED) is 0.540. The zero-order valence-electron chi connectivity index (χ0n) is 15.4. The molecule has 3 saturated carbocycles. The number of epoxide rings is 1. The van der Waals surface area contributed by atoms with Gasteiger partial charge in [-0.2, -0.15) is 0 Å². The van der Waals surface area contributed by atoms with Crippen molar-refractivity contribution in [2.24, 2.45) is 28.6 Å². The van der Waals surface area contributed by atoms with Crippen LogP contribution in [-0.2, 0) is 19.1 Å². The predicted octanol–water partition coefficient (Wildman–Crippen LogP) is 3.44. The Morgan fingerprint density at radius 2 is 1.96 bits per heavy atom. The molecule has 25 heavy (non-hydrogen) atoms. The Kier molecular flexibility index (Phi) is 3.06. The van der Waals surface area contributed by atoms with Crippen LogP contribution >= 0.6 is 0 Å². The van der Waals surface area contributed by atoms with Crippen molar-refractivity contribution in [3.8, 4) is 0 Å². The molecule has 5 rings (SSSR count). The minimum absolute atomic E-state index is 0.0185. The third kappa shape index (κ3) is 1.82. The molecule has 0 N–H and O–H groups in total. The Balaban J connectivity index is 1.47. The normalized spacial score (nSPS) is 55.6. The number of esters is 1.